The Morgan fingerprint density at radius 1 is 1.17 bits per heavy atom. The molecule has 8 nitrogen and oxygen atoms in total. The van der Waals surface area contributed by atoms with Crippen molar-refractivity contribution in [2.45, 2.75) is 32.5 Å². The van der Waals surface area contributed by atoms with Crippen LogP contribution >= 0.6 is 0 Å². The number of benzene rings is 2. The van der Waals surface area contributed by atoms with Crippen LogP contribution in [0.1, 0.15) is 30.7 Å². The largest absolute Gasteiger partial charge is 0.497 e. The summed E-state index contributed by atoms with van der Waals surface area (Å²) >= 11 is 0. The van der Waals surface area contributed by atoms with Crippen LogP contribution in [0.4, 0.5) is 18.9 Å². The quantitative estimate of drug-likeness (QED) is 0.413. The molecule has 0 saturated carbocycles. The molecule has 0 aliphatic heterocycles. The Morgan fingerprint density at radius 2 is 1.86 bits per heavy atom. The fourth-order valence-electron chi connectivity index (χ4n) is 3.80. The van der Waals surface area contributed by atoms with Crippen molar-refractivity contribution in [3.8, 4) is 17.0 Å². The van der Waals surface area contributed by atoms with Gasteiger partial charge < -0.3 is 14.6 Å². The van der Waals surface area contributed by atoms with Gasteiger partial charge in [0.25, 0.3) is 5.56 Å². The van der Waals surface area contributed by atoms with Crippen LogP contribution in [-0.2, 0) is 11.0 Å². The number of nitrogens with one attached hydrogen (secondary N) is 1. The van der Waals surface area contributed by atoms with E-state index < -0.39 is 34.9 Å². The highest BCUT2D eigenvalue weighted by atomic mass is 19.4. The number of nitrogens with zero attached hydrogens (tertiary/aromatic N) is 3. The summed E-state index contributed by atoms with van der Waals surface area (Å²) in [6, 6.07) is 10.3. The average molecular weight is 486 g/mol. The highest BCUT2D eigenvalue weighted by molar-refractivity contribution is 5.96. The molecule has 35 heavy (non-hydrogen) atoms. The summed E-state index contributed by atoms with van der Waals surface area (Å²) in [6.07, 6.45) is -4.59. The minimum Gasteiger partial charge on any atom is -0.497 e. The number of ether oxygens (including phenoxy) is 1. The van der Waals surface area contributed by atoms with E-state index in [4.69, 9.17) is 9.26 Å². The second kappa shape index (κ2) is 9.24. The van der Waals surface area contributed by atoms with Gasteiger partial charge in [0.1, 0.15) is 23.2 Å². The van der Waals surface area contributed by atoms with Gasteiger partial charge in [0, 0.05) is 5.56 Å². The van der Waals surface area contributed by atoms with Crippen LogP contribution < -0.4 is 15.6 Å². The zero-order chi connectivity index (χ0) is 25.3. The lowest BCUT2D eigenvalue weighted by molar-refractivity contribution is -0.137. The van der Waals surface area contributed by atoms with Crippen LogP contribution in [0.15, 0.2) is 57.8 Å². The molecule has 1 amide bonds. The van der Waals surface area contributed by atoms with Gasteiger partial charge in [-0.25, -0.2) is 4.68 Å². The molecule has 0 aliphatic rings. The summed E-state index contributed by atoms with van der Waals surface area (Å²) in [5.41, 5.74) is -1.20. The monoisotopic (exact) mass is 486 g/mol. The molecule has 1 unspecified atom stereocenters. The van der Waals surface area contributed by atoms with E-state index in [-0.39, 0.29) is 11.9 Å². The van der Waals surface area contributed by atoms with Crippen molar-refractivity contribution in [1.29, 1.82) is 0 Å². The summed E-state index contributed by atoms with van der Waals surface area (Å²) in [6.45, 7) is 3.26. The van der Waals surface area contributed by atoms with Crippen molar-refractivity contribution in [3.05, 3.63) is 70.2 Å². The van der Waals surface area contributed by atoms with E-state index in [1.807, 2.05) is 0 Å². The molecule has 4 rings (SSSR count). The van der Waals surface area contributed by atoms with Gasteiger partial charge in [-0.2, -0.15) is 18.3 Å². The molecule has 2 aromatic carbocycles. The molecule has 182 valence electrons. The summed E-state index contributed by atoms with van der Waals surface area (Å²) in [5, 5.41) is 11.0. The lowest BCUT2D eigenvalue weighted by Gasteiger charge is -2.19. The molecular weight excluding hydrogens is 465 g/mol. The van der Waals surface area contributed by atoms with Gasteiger partial charge in [-0.3, -0.25) is 9.59 Å². The van der Waals surface area contributed by atoms with E-state index in [1.165, 1.54) is 19.2 Å². The number of halogens is 3. The lowest BCUT2D eigenvalue weighted by atomic mass is 10.1. The van der Waals surface area contributed by atoms with E-state index in [9.17, 15) is 22.8 Å². The number of fused-ring (bicyclic) bond motifs is 1. The minimum atomic E-state index is -4.67. The number of anilines is 1. The summed E-state index contributed by atoms with van der Waals surface area (Å²) in [7, 11) is 1.52. The van der Waals surface area contributed by atoms with E-state index in [0.29, 0.717) is 28.2 Å². The Bertz CT molecular complexity index is 1440. The molecule has 4 aromatic rings. The van der Waals surface area contributed by atoms with Gasteiger partial charge in [-0.1, -0.05) is 24.2 Å². The van der Waals surface area contributed by atoms with Crippen molar-refractivity contribution in [2.75, 3.05) is 12.4 Å². The zero-order valence-corrected chi connectivity index (χ0v) is 19.0. The third kappa shape index (κ3) is 4.48. The molecule has 11 heteroatoms. The number of hydrogen-bond acceptors (Lipinski definition) is 6. The SMILES string of the molecule is CCC(C(=O)Nc1ccccc1C(F)(F)F)n1nc(-c2ccc(OC)cc2)c2c(C)onc2c1=O. The Kier molecular flexibility index (Phi) is 6.33. The first-order valence-electron chi connectivity index (χ1n) is 10.7. The van der Waals surface area contributed by atoms with Gasteiger partial charge in [0.15, 0.2) is 5.52 Å². The van der Waals surface area contributed by atoms with Gasteiger partial charge in [0.2, 0.25) is 5.91 Å². The summed E-state index contributed by atoms with van der Waals surface area (Å²) < 4.78 is 51.5. The van der Waals surface area contributed by atoms with Gasteiger partial charge >= 0.3 is 6.18 Å². The Hall–Kier alpha value is -4.15. The number of aryl methyl sites for hydroxylation is 1. The normalized spacial score (nSPS) is 12.5. The molecule has 0 bridgehead atoms. The predicted molar refractivity (Wildman–Crippen MR) is 122 cm³/mol. The van der Waals surface area contributed by atoms with E-state index in [1.54, 1.807) is 38.1 Å². The zero-order valence-electron chi connectivity index (χ0n) is 19.0. The van der Waals surface area contributed by atoms with Crippen molar-refractivity contribution in [3.63, 3.8) is 0 Å². The Labute approximate surface area is 197 Å². The molecule has 2 heterocycles. The Balaban J connectivity index is 1.82. The maximum Gasteiger partial charge on any atom is 0.418 e. The molecule has 1 N–H and O–H groups in total. The number of carbonyl (C=O) groups excluding carboxylic acids is 1. The summed E-state index contributed by atoms with van der Waals surface area (Å²) in [4.78, 5) is 26.3. The highest BCUT2D eigenvalue weighted by Gasteiger charge is 2.34. The van der Waals surface area contributed by atoms with Crippen LogP contribution in [0.3, 0.4) is 0 Å². The van der Waals surface area contributed by atoms with E-state index in [2.05, 4.69) is 15.6 Å². The van der Waals surface area contributed by atoms with Crippen LogP contribution in [-0.4, -0.2) is 28.0 Å². The van der Waals surface area contributed by atoms with Gasteiger partial charge in [-0.05, 0) is 49.7 Å². The van der Waals surface area contributed by atoms with Crippen molar-refractivity contribution < 1.29 is 27.2 Å². The number of methoxy groups -OCH3 is 1. The minimum absolute atomic E-state index is 0.0368. The van der Waals surface area contributed by atoms with Crippen molar-refractivity contribution in [2.24, 2.45) is 0 Å². The predicted octanol–water partition coefficient (Wildman–Crippen LogP) is 4.98. The van der Waals surface area contributed by atoms with Crippen LogP contribution in [0.2, 0.25) is 0 Å². The number of alkyl halides is 3. The second-order valence-corrected chi connectivity index (χ2v) is 7.75. The number of aromatic nitrogens is 3. The second-order valence-electron chi connectivity index (χ2n) is 7.75. The lowest BCUT2D eigenvalue weighted by Crippen LogP contribution is -2.35. The smallest absolute Gasteiger partial charge is 0.418 e. The fourth-order valence-corrected chi connectivity index (χ4v) is 3.80. The molecular formula is C24H21F3N4O4. The highest BCUT2D eigenvalue weighted by Crippen LogP contribution is 2.35. The van der Waals surface area contributed by atoms with E-state index in [0.717, 1.165) is 16.8 Å². The summed E-state index contributed by atoms with van der Waals surface area (Å²) in [5.74, 6) is 0.146. The number of para-hydroxylation sites is 1. The van der Waals surface area contributed by atoms with E-state index >= 15 is 0 Å². The van der Waals surface area contributed by atoms with Crippen LogP contribution in [0.5, 0.6) is 5.75 Å². The number of amides is 1. The topological polar surface area (TPSA) is 99.2 Å². The number of rotatable bonds is 6. The molecule has 0 spiro atoms. The standard InChI is InChI=1S/C24H21F3N4O4/c1-4-18(22(32)28-17-8-6-5-7-16(17)24(25,26)27)31-23(33)21-19(13(2)35-30-21)20(29-31)14-9-11-15(34-3)12-10-14/h5-12,18H,4H2,1-3H3,(H,28,32). The third-order valence-electron chi connectivity index (χ3n) is 5.56. The van der Waals surface area contributed by atoms with Crippen LogP contribution in [0, 0.1) is 6.92 Å². The maximum absolute atomic E-state index is 13.4. The number of hydrogen-bond donors (Lipinski definition) is 1. The molecule has 0 radical (unpaired) electrons. The molecule has 0 aliphatic carbocycles. The molecule has 0 fully saturated rings. The third-order valence-corrected chi connectivity index (χ3v) is 5.56. The van der Waals surface area contributed by atoms with Crippen molar-refractivity contribution in [1.82, 2.24) is 14.9 Å². The molecule has 1 atom stereocenters. The maximum atomic E-state index is 13.4. The Morgan fingerprint density at radius 3 is 2.49 bits per heavy atom. The van der Waals surface area contributed by atoms with Gasteiger partial charge in [0.05, 0.1) is 23.7 Å². The first kappa shape index (κ1) is 24.0. The fraction of sp³-hybridized carbons (Fsp3) is 0.250. The molecule has 2 aromatic heterocycles. The van der Waals surface area contributed by atoms with Crippen LogP contribution in [0.25, 0.3) is 22.2 Å². The first-order chi connectivity index (χ1) is 16.7. The number of carbonyl (C=O) groups is 1. The average Bonchev–Trinajstić information content (AvgIpc) is 3.23. The molecule has 0 saturated heterocycles. The first-order valence-corrected chi connectivity index (χ1v) is 10.7. The van der Waals surface area contributed by atoms with Crippen molar-refractivity contribution >= 4 is 22.5 Å². The van der Waals surface area contributed by atoms with Gasteiger partial charge in [-0.15, -0.1) is 0 Å².